The molecule has 0 aromatic heterocycles. The van der Waals surface area contributed by atoms with E-state index in [1.165, 1.54) is 25.2 Å². The molecular formula is C13H14N2O6. The van der Waals surface area contributed by atoms with Gasteiger partial charge in [0.2, 0.25) is 0 Å². The second kappa shape index (κ2) is 5.39. The van der Waals surface area contributed by atoms with E-state index in [1.54, 1.807) is 6.07 Å². The molecule has 0 radical (unpaired) electrons. The maximum Gasteiger partial charge on any atom is 0.407 e. The van der Waals surface area contributed by atoms with Crippen molar-refractivity contribution in [3.63, 3.8) is 0 Å². The van der Waals surface area contributed by atoms with E-state index in [1.807, 2.05) is 0 Å². The van der Waals surface area contributed by atoms with Crippen LogP contribution in [-0.4, -0.2) is 35.2 Å². The Balaban J connectivity index is 2.29. The number of nitrogens with one attached hydrogen (secondary N) is 1. The predicted molar refractivity (Wildman–Crippen MR) is 71.0 cm³/mol. The molecule has 0 atom stereocenters. The number of para-hydroxylation sites is 1. The number of alkyl carbamates (subject to hydrolysis) is 1. The zero-order valence-corrected chi connectivity index (χ0v) is 11.2. The quantitative estimate of drug-likeness (QED) is 0.640. The van der Waals surface area contributed by atoms with Gasteiger partial charge in [-0.25, -0.2) is 4.79 Å². The Hall–Kier alpha value is -2.64. The van der Waals surface area contributed by atoms with Crippen molar-refractivity contribution in [2.45, 2.75) is 24.4 Å². The van der Waals surface area contributed by atoms with Crippen LogP contribution in [0.4, 0.5) is 10.5 Å². The Kier molecular flexibility index (Phi) is 3.79. The van der Waals surface area contributed by atoms with E-state index in [-0.39, 0.29) is 24.1 Å². The van der Waals surface area contributed by atoms with Crippen LogP contribution in [-0.2, 0) is 14.9 Å². The first-order valence-corrected chi connectivity index (χ1v) is 6.26. The van der Waals surface area contributed by atoms with Gasteiger partial charge in [0, 0.05) is 31.5 Å². The molecule has 0 heterocycles. The molecule has 8 heteroatoms. The van der Waals surface area contributed by atoms with E-state index >= 15 is 0 Å². The molecule has 1 aliphatic rings. The maximum absolute atomic E-state index is 11.6. The minimum absolute atomic E-state index is 0.0145. The number of hydrogen-bond donors (Lipinski definition) is 2. The summed E-state index contributed by atoms with van der Waals surface area (Å²) in [5.41, 5.74) is -1.49. The standard InChI is InChI=1S/C13H14N2O6/c1-14-12(18)21-8-6-13(7-8,11(16)17)9-4-2-3-5-10(9)15(19)20/h2-5,8H,6-7H2,1H3,(H,14,18)(H,16,17). The second-order valence-electron chi connectivity index (χ2n) is 4.85. The fraction of sp³-hybridized carbons (Fsp3) is 0.385. The van der Waals surface area contributed by atoms with Crippen LogP contribution >= 0.6 is 0 Å². The van der Waals surface area contributed by atoms with Gasteiger partial charge in [0.25, 0.3) is 5.69 Å². The van der Waals surface area contributed by atoms with Gasteiger partial charge in [-0.3, -0.25) is 14.9 Å². The Labute approximate surface area is 119 Å². The highest BCUT2D eigenvalue weighted by Gasteiger charge is 2.56. The number of hydrogen-bond acceptors (Lipinski definition) is 5. The Bertz CT molecular complexity index is 594. The lowest BCUT2D eigenvalue weighted by molar-refractivity contribution is -0.386. The van der Waals surface area contributed by atoms with E-state index in [4.69, 9.17) is 4.74 Å². The summed E-state index contributed by atoms with van der Waals surface area (Å²) < 4.78 is 4.98. The largest absolute Gasteiger partial charge is 0.481 e. The number of carboxylic acids is 1. The number of carbonyl (C=O) groups excluding carboxylic acids is 1. The van der Waals surface area contributed by atoms with Crippen LogP contribution in [0.1, 0.15) is 18.4 Å². The molecule has 1 aromatic carbocycles. The van der Waals surface area contributed by atoms with E-state index < -0.39 is 28.5 Å². The van der Waals surface area contributed by atoms with E-state index in [9.17, 15) is 24.8 Å². The SMILES string of the molecule is CNC(=O)OC1CC(C(=O)O)(c2ccccc2[N+](=O)[O-])C1. The van der Waals surface area contributed by atoms with Crippen molar-refractivity contribution in [3.8, 4) is 0 Å². The number of nitro benzene ring substituents is 1. The van der Waals surface area contributed by atoms with Gasteiger partial charge < -0.3 is 15.2 Å². The lowest BCUT2D eigenvalue weighted by atomic mass is 9.62. The third-order valence-electron chi connectivity index (χ3n) is 3.66. The molecule has 0 spiro atoms. The van der Waals surface area contributed by atoms with Crippen molar-refractivity contribution in [1.82, 2.24) is 5.32 Å². The van der Waals surface area contributed by atoms with Gasteiger partial charge in [-0.15, -0.1) is 0 Å². The van der Waals surface area contributed by atoms with Crippen molar-refractivity contribution in [2.75, 3.05) is 7.05 Å². The van der Waals surface area contributed by atoms with Crippen molar-refractivity contribution < 1.29 is 24.4 Å². The molecule has 0 bridgehead atoms. The molecule has 0 unspecified atom stereocenters. The fourth-order valence-corrected chi connectivity index (χ4v) is 2.56. The number of rotatable bonds is 4. The molecule has 8 nitrogen and oxygen atoms in total. The lowest BCUT2D eigenvalue weighted by Gasteiger charge is -2.43. The molecule has 1 amide bonds. The molecule has 21 heavy (non-hydrogen) atoms. The third-order valence-corrected chi connectivity index (χ3v) is 3.66. The molecule has 0 aliphatic heterocycles. The smallest absolute Gasteiger partial charge is 0.407 e. The first-order chi connectivity index (χ1) is 9.90. The number of carbonyl (C=O) groups is 2. The Morgan fingerprint density at radius 1 is 1.43 bits per heavy atom. The highest BCUT2D eigenvalue weighted by molar-refractivity contribution is 5.85. The average Bonchev–Trinajstić information content (AvgIpc) is 2.41. The van der Waals surface area contributed by atoms with Gasteiger partial charge in [-0.05, 0) is 0 Å². The van der Waals surface area contributed by atoms with E-state index in [0.717, 1.165) is 0 Å². The van der Waals surface area contributed by atoms with Gasteiger partial charge >= 0.3 is 12.1 Å². The highest BCUT2D eigenvalue weighted by Crippen LogP contribution is 2.48. The van der Waals surface area contributed by atoms with Gasteiger partial charge in [0.15, 0.2) is 0 Å². The van der Waals surface area contributed by atoms with E-state index in [0.29, 0.717) is 0 Å². The molecule has 1 aliphatic carbocycles. The molecule has 0 saturated heterocycles. The molecule has 112 valence electrons. The van der Waals surface area contributed by atoms with Gasteiger partial charge in [0.05, 0.1) is 4.92 Å². The van der Waals surface area contributed by atoms with Gasteiger partial charge in [0.1, 0.15) is 11.5 Å². The van der Waals surface area contributed by atoms with Crippen LogP contribution in [0, 0.1) is 10.1 Å². The van der Waals surface area contributed by atoms with Crippen molar-refractivity contribution in [3.05, 3.63) is 39.9 Å². The zero-order chi connectivity index (χ0) is 15.6. The minimum Gasteiger partial charge on any atom is -0.481 e. The summed E-state index contributed by atoms with van der Waals surface area (Å²) in [6.07, 6.45) is -1.19. The van der Waals surface area contributed by atoms with Crippen LogP contribution in [0.25, 0.3) is 0 Å². The topological polar surface area (TPSA) is 119 Å². The first kappa shape index (κ1) is 14.8. The zero-order valence-electron chi connectivity index (χ0n) is 11.2. The lowest BCUT2D eigenvalue weighted by Crippen LogP contribution is -2.52. The number of ether oxygens (including phenoxy) is 1. The molecule has 1 aromatic rings. The summed E-state index contributed by atoms with van der Waals surface area (Å²) in [6.45, 7) is 0. The molecule has 1 saturated carbocycles. The molecule has 1 fully saturated rings. The number of nitrogens with zero attached hydrogens (tertiary/aromatic N) is 1. The summed E-state index contributed by atoms with van der Waals surface area (Å²) in [6, 6.07) is 5.74. The number of aliphatic carboxylic acids is 1. The number of nitro groups is 1. The molecular weight excluding hydrogens is 280 g/mol. The summed E-state index contributed by atoms with van der Waals surface area (Å²) in [4.78, 5) is 33.2. The first-order valence-electron chi connectivity index (χ1n) is 6.26. The Morgan fingerprint density at radius 2 is 2.05 bits per heavy atom. The van der Waals surface area contributed by atoms with Crippen molar-refractivity contribution in [2.24, 2.45) is 0 Å². The monoisotopic (exact) mass is 294 g/mol. The average molecular weight is 294 g/mol. The van der Waals surface area contributed by atoms with Crippen molar-refractivity contribution >= 4 is 17.7 Å². The Morgan fingerprint density at radius 3 is 2.57 bits per heavy atom. The third kappa shape index (κ3) is 2.51. The summed E-state index contributed by atoms with van der Waals surface area (Å²) >= 11 is 0. The minimum atomic E-state index is -1.39. The van der Waals surface area contributed by atoms with Crippen LogP contribution in [0.2, 0.25) is 0 Å². The van der Waals surface area contributed by atoms with Crippen LogP contribution < -0.4 is 5.32 Å². The summed E-state index contributed by atoms with van der Waals surface area (Å²) in [5.74, 6) is -1.16. The summed E-state index contributed by atoms with van der Waals surface area (Å²) in [5, 5.41) is 22.8. The van der Waals surface area contributed by atoms with Crippen LogP contribution in [0.15, 0.2) is 24.3 Å². The van der Waals surface area contributed by atoms with Crippen molar-refractivity contribution in [1.29, 1.82) is 0 Å². The number of benzene rings is 1. The number of amides is 1. The van der Waals surface area contributed by atoms with E-state index in [2.05, 4.69) is 5.32 Å². The predicted octanol–water partition coefficient (Wildman–Crippen LogP) is 1.44. The second-order valence-corrected chi connectivity index (χ2v) is 4.85. The van der Waals surface area contributed by atoms with Crippen LogP contribution in [0.3, 0.4) is 0 Å². The maximum atomic E-state index is 11.6. The fourth-order valence-electron chi connectivity index (χ4n) is 2.56. The van der Waals surface area contributed by atoms with Gasteiger partial charge in [-0.2, -0.15) is 0 Å². The molecule has 2 N–H and O–H groups in total. The molecule has 2 rings (SSSR count). The number of carboxylic acid groups (broad SMARTS) is 1. The summed E-state index contributed by atoms with van der Waals surface area (Å²) in [7, 11) is 1.40. The van der Waals surface area contributed by atoms with Crippen LogP contribution in [0.5, 0.6) is 0 Å². The normalized spacial score (nSPS) is 23.8. The van der Waals surface area contributed by atoms with Gasteiger partial charge in [-0.1, -0.05) is 18.2 Å². The highest BCUT2D eigenvalue weighted by atomic mass is 16.6.